The minimum atomic E-state index is -0.804. The first-order chi connectivity index (χ1) is 15.9. The van der Waals surface area contributed by atoms with E-state index in [4.69, 9.17) is 9.47 Å². The quantitative estimate of drug-likeness (QED) is 0.371. The molecule has 1 heterocycles. The third-order valence-corrected chi connectivity index (χ3v) is 5.56. The summed E-state index contributed by atoms with van der Waals surface area (Å²) in [4.78, 5) is 39.5. The molecule has 3 aromatic rings. The molecule has 0 bridgehead atoms. The van der Waals surface area contributed by atoms with Crippen molar-refractivity contribution in [2.75, 3.05) is 18.1 Å². The van der Waals surface area contributed by atoms with Crippen LogP contribution < -0.4 is 19.7 Å². The van der Waals surface area contributed by atoms with E-state index in [0.29, 0.717) is 40.4 Å². The molecule has 4 amide bonds. The van der Waals surface area contributed by atoms with Crippen LogP contribution in [-0.2, 0) is 9.59 Å². The molecule has 0 radical (unpaired) electrons. The zero-order chi connectivity index (χ0) is 23.5. The summed E-state index contributed by atoms with van der Waals surface area (Å²) < 4.78 is 12.1. The molecule has 4 rings (SSSR count). The zero-order valence-corrected chi connectivity index (χ0v) is 19.6. The van der Waals surface area contributed by atoms with Gasteiger partial charge in [-0.3, -0.25) is 14.9 Å². The summed E-state index contributed by atoms with van der Waals surface area (Å²) in [6, 6.07) is 15.2. The van der Waals surface area contributed by atoms with Crippen LogP contribution in [0.5, 0.6) is 11.5 Å². The van der Waals surface area contributed by atoms with Gasteiger partial charge in [-0.2, -0.15) is 0 Å². The fourth-order valence-corrected chi connectivity index (χ4v) is 4.03. The maximum absolute atomic E-state index is 13.3. The number of benzene rings is 3. The van der Waals surface area contributed by atoms with Crippen LogP contribution in [0.3, 0.4) is 0 Å². The lowest BCUT2D eigenvalue weighted by Gasteiger charge is -2.26. The van der Waals surface area contributed by atoms with Gasteiger partial charge in [0.2, 0.25) is 0 Å². The van der Waals surface area contributed by atoms with Gasteiger partial charge in [0.1, 0.15) is 17.1 Å². The van der Waals surface area contributed by atoms with Crippen LogP contribution in [-0.4, -0.2) is 31.1 Å². The second-order valence-electron chi connectivity index (χ2n) is 7.16. The van der Waals surface area contributed by atoms with E-state index in [1.165, 1.54) is 6.08 Å². The summed E-state index contributed by atoms with van der Waals surface area (Å²) in [7, 11) is 0. The molecule has 168 valence electrons. The molecule has 0 aromatic heterocycles. The van der Waals surface area contributed by atoms with Gasteiger partial charge >= 0.3 is 6.03 Å². The van der Waals surface area contributed by atoms with Crippen LogP contribution in [0.2, 0.25) is 0 Å². The van der Waals surface area contributed by atoms with E-state index in [2.05, 4.69) is 21.2 Å². The van der Waals surface area contributed by atoms with Gasteiger partial charge in [-0.05, 0) is 67.1 Å². The Hall–Kier alpha value is -3.65. The van der Waals surface area contributed by atoms with Crippen molar-refractivity contribution in [3.05, 3.63) is 70.2 Å². The number of fused-ring (bicyclic) bond motifs is 1. The standard InChI is InChI=1S/C25H21BrN2O5/c1-3-32-18-10-8-15-9-11-22(33-4-2)20(19(15)13-18)14-21-23(29)27-25(31)28(24(21)30)17-7-5-6-16(26)12-17/h5-14H,3-4H2,1-2H3,(H,27,29,31)/b21-14+. The van der Waals surface area contributed by atoms with Gasteiger partial charge in [0.25, 0.3) is 11.8 Å². The number of carbonyl (C=O) groups is 3. The number of amides is 4. The molecule has 7 nitrogen and oxygen atoms in total. The van der Waals surface area contributed by atoms with Crippen molar-refractivity contribution in [3.8, 4) is 11.5 Å². The summed E-state index contributed by atoms with van der Waals surface area (Å²) in [6.45, 7) is 4.64. The predicted molar refractivity (Wildman–Crippen MR) is 129 cm³/mol. The van der Waals surface area contributed by atoms with Gasteiger partial charge in [-0.25, -0.2) is 9.69 Å². The molecule has 0 spiro atoms. The van der Waals surface area contributed by atoms with Crippen LogP contribution >= 0.6 is 15.9 Å². The highest BCUT2D eigenvalue weighted by Crippen LogP contribution is 2.34. The molecule has 0 aliphatic carbocycles. The molecule has 1 fully saturated rings. The van der Waals surface area contributed by atoms with Gasteiger partial charge in [-0.1, -0.05) is 34.1 Å². The van der Waals surface area contributed by atoms with Gasteiger partial charge in [0, 0.05) is 10.0 Å². The number of carbonyl (C=O) groups excluding carboxylic acids is 3. The Morgan fingerprint density at radius 3 is 2.45 bits per heavy atom. The monoisotopic (exact) mass is 508 g/mol. The summed E-state index contributed by atoms with van der Waals surface area (Å²) in [6.07, 6.45) is 1.47. The third kappa shape index (κ3) is 4.47. The van der Waals surface area contributed by atoms with E-state index in [-0.39, 0.29) is 5.57 Å². The summed E-state index contributed by atoms with van der Waals surface area (Å²) >= 11 is 3.34. The first-order valence-electron chi connectivity index (χ1n) is 10.4. The molecule has 1 aliphatic rings. The normalized spacial score (nSPS) is 15.2. The number of hydrogen-bond donors (Lipinski definition) is 1. The lowest BCUT2D eigenvalue weighted by Crippen LogP contribution is -2.54. The van der Waals surface area contributed by atoms with E-state index >= 15 is 0 Å². The number of barbiturate groups is 1. The topological polar surface area (TPSA) is 84.9 Å². The average Bonchev–Trinajstić information content (AvgIpc) is 2.78. The highest BCUT2D eigenvalue weighted by molar-refractivity contribution is 9.10. The Morgan fingerprint density at radius 1 is 0.970 bits per heavy atom. The number of halogens is 1. The second-order valence-corrected chi connectivity index (χ2v) is 8.08. The molecule has 1 aliphatic heterocycles. The molecule has 3 aromatic carbocycles. The number of imide groups is 2. The molecule has 0 unspecified atom stereocenters. The Labute approximate surface area is 199 Å². The minimum absolute atomic E-state index is 0.176. The van der Waals surface area contributed by atoms with Crippen LogP contribution in [0.4, 0.5) is 10.5 Å². The number of hydrogen-bond acceptors (Lipinski definition) is 5. The average molecular weight is 509 g/mol. The van der Waals surface area contributed by atoms with Crippen molar-refractivity contribution < 1.29 is 23.9 Å². The fraction of sp³-hybridized carbons (Fsp3) is 0.160. The number of nitrogens with zero attached hydrogens (tertiary/aromatic N) is 1. The Bertz CT molecular complexity index is 1300. The van der Waals surface area contributed by atoms with Gasteiger partial charge < -0.3 is 9.47 Å². The van der Waals surface area contributed by atoms with Crippen molar-refractivity contribution in [1.82, 2.24) is 5.32 Å². The SMILES string of the molecule is CCOc1ccc2ccc(OCC)c(/C=C3\C(=O)NC(=O)N(c4cccc(Br)c4)C3=O)c2c1. The van der Waals surface area contributed by atoms with Crippen molar-refractivity contribution in [1.29, 1.82) is 0 Å². The van der Waals surface area contributed by atoms with Crippen molar-refractivity contribution >= 4 is 56.3 Å². The molecule has 1 saturated heterocycles. The van der Waals surface area contributed by atoms with Gasteiger partial charge in [-0.15, -0.1) is 0 Å². The third-order valence-electron chi connectivity index (χ3n) is 5.06. The fourth-order valence-electron chi connectivity index (χ4n) is 3.64. The number of nitrogens with one attached hydrogen (secondary N) is 1. The summed E-state index contributed by atoms with van der Waals surface area (Å²) in [5.41, 5.74) is 0.717. The number of ether oxygens (including phenoxy) is 2. The van der Waals surface area contributed by atoms with E-state index in [0.717, 1.165) is 15.7 Å². The maximum Gasteiger partial charge on any atom is 0.335 e. The Morgan fingerprint density at radius 2 is 1.73 bits per heavy atom. The van der Waals surface area contributed by atoms with Gasteiger partial charge in [0.05, 0.1) is 18.9 Å². The van der Waals surface area contributed by atoms with Gasteiger partial charge in [0.15, 0.2) is 0 Å². The van der Waals surface area contributed by atoms with Crippen molar-refractivity contribution in [3.63, 3.8) is 0 Å². The van der Waals surface area contributed by atoms with Crippen molar-refractivity contribution in [2.24, 2.45) is 0 Å². The van der Waals surface area contributed by atoms with E-state index in [1.807, 2.05) is 38.1 Å². The van der Waals surface area contributed by atoms with Crippen LogP contribution in [0.15, 0.2) is 64.6 Å². The second kappa shape index (κ2) is 9.46. The molecule has 1 N–H and O–H groups in total. The highest BCUT2D eigenvalue weighted by Gasteiger charge is 2.37. The predicted octanol–water partition coefficient (Wildman–Crippen LogP) is 5.07. The molecule has 8 heteroatoms. The van der Waals surface area contributed by atoms with E-state index in [1.54, 1.807) is 30.3 Å². The Kier molecular flexibility index (Phi) is 6.46. The number of urea groups is 1. The largest absolute Gasteiger partial charge is 0.494 e. The van der Waals surface area contributed by atoms with Crippen molar-refractivity contribution in [2.45, 2.75) is 13.8 Å². The first kappa shape index (κ1) is 22.5. The molecular formula is C25H21BrN2O5. The molecule has 0 atom stereocenters. The number of rotatable bonds is 6. The molecular weight excluding hydrogens is 488 g/mol. The van der Waals surface area contributed by atoms with E-state index in [9.17, 15) is 14.4 Å². The van der Waals surface area contributed by atoms with Crippen LogP contribution in [0.1, 0.15) is 19.4 Å². The first-order valence-corrected chi connectivity index (χ1v) is 11.2. The zero-order valence-electron chi connectivity index (χ0n) is 18.1. The number of anilines is 1. The lowest BCUT2D eigenvalue weighted by atomic mass is 9.99. The summed E-state index contributed by atoms with van der Waals surface area (Å²) in [5.74, 6) is -0.319. The highest BCUT2D eigenvalue weighted by atomic mass is 79.9. The van der Waals surface area contributed by atoms with E-state index < -0.39 is 17.8 Å². The molecule has 0 saturated carbocycles. The smallest absolute Gasteiger partial charge is 0.335 e. The lowest BCUT2D eigenvalue weighted by molar-refractivity contribution is -0.122. The van der Waals surface area contributed by atoms with Crippen LogP contribution in [0, 0.1) is 0 Å². The summed E-state index contributed by atoms with van der Waals surface area (Å²) in [5, 5.41) is 3.90. The minimum Gasteiger partial charge on any atom is -0.494 e. The Balaban J connectivity index is 1.88. The molecule has 33 heavy (non-hydrogen) atoms. The maximum atomic E-state index is 13.3. The van der Waals surface area contributed by atoms with Crippen LogP contribution in [0.25, 0.3) is 16.8 Å².